The third kappa shape index (κ3) is 9.07. The maximum atomic E-state index is 4.12. The molecular weight excluding hydrogens is 416 g/mol. The highest BCUT2D eigenvalue weighted by molar-refractivity contribution is 8.03. The lowest BCUT2D eigenvalue weighted by atomic mass is 10.6. The summed E-state index contributed by atoms with van der Waals surface area (Å²) in [7, 11) is 8.21. The highest BCUT2D eigenvalue weighted by atomic mass is 32.2. The molecule has 28 heavy (non-hydrogen) atoms. The Hall–Kier alpha value is -0.890. The summed E-state index contributed by atoms with van der Waals surface area (Å²) in [6.07, 6.45) is 1.14. The van der Waals surface area contributed by atoms with Gasteiger partial charge in [0.1, 0.15) is 0 Å². The van der Waals surface area contributed by atoms with Crippen LogP contribution in [0.15, 0.2) is 10.3 Å². The number of likely N-dealkylation sites (N-methyl/N-ethyl adjacent to an activating group) is 2. The molecule has 0 aliphatic rings. The van der Waals surface area contributed by atoms with E-state index in [1.807, 2.05) is 21.1 Å². The molecule has 0 aliphatic carbocycles. The lowest BCUT2D eigenvalue weighted by Gasteiger charge is -2.10. The molecule has 158 valence electrons. The molecule has 0 unspecified atom stereocenters. The summed E-state index contributed by atoms with van der Waals surface area (Å²) in [6.45, 7) is 3.51. The maximum Gasteiger partial charge on any atom is 0.209 e. The molecule has 0 aliphatic heterocycles. The third-order valence-electron chi connectivity index (χ3n) is 3.64. The Balaban J connectivity index is 1.53. The molecule has 0 radical (unpaired) electrons. The molecule has 0 fully saturated rings. The fourth-order valence-electron chi connectivity index (χ4n) is 2.09. The van der Waals surface area contributed by atoms with Crippen molar-refractivity contribution in [3.05, 3.63) is 0 Å². The molecule has 13 heteroatoms. The SMILES string of the molecule is CN(C)CCn1nnnc1SCCCSCCSc1nnnn1CCN(C)C. The molecule has 2 aromatic rings. The third-order valence-corrected chi connectivity index (χ3v) is 6.97. The van der Waals surface area contributed by atoms with Gasteiger partial charge in [-0.15, -0.1) is 10.2 Å². The Bertz CT molecular complexity index is 604. The Labute approximate surface area is 179 Å². The fraction of sp³-hybridized carbons (Fsp3) is 0.867. The van der Waals surface area contributed by atoms with Crippen LogP contribution in [0.5, 0.6) is 0 Å². The van der Waals surface area contributed by atoms with Crippen molar-refractivity contribution in [2.45, 2.75) is 29.8 Å². The van der Waals surface area contributed by atoms with Crippen LogP contribution in [0, 0.1) is 0 Å². The number of thioether (sulfide) groups is 3. The van der Waals surface area contributed by atoms with Gasteiger partial charge in [-0.05, 0) is 61.2 Å². The minimum Gasteiger partial charge on any atom is -0.308 e. The average Bonchev–Trinajstić information content (AvgIpc) is 3.29. The van der Waals surface area contributed by atoms with E-state index in [2.05, 4.69) is 69.0 Å². The van der Waals surface area contributed by atoms with Gasteiger partial charge in [0.2, 0.25) is 10.3 Å². The second kappa shape index (κ2) is 13.4. The first kappa shape index (κ1) is 23.4. The van der Waals surface area contributed by atoms with E-state index in [4.69, 9.17) is 0 Å². The predicted molar refractivity (Wildman–Crippen MR) is 116 cm³/mol. The van der Waals surface area contributed by atoms with Crippen LogP contribution in [0.1, 0.15) is 6.42 Å². The first-order chi connectivity index (χ1) is 13.6. The molecule has 0 atom stereocenters. The van der Waals surface area contributed by atoms with Crippen LogP contribution in [-0.4, -0.2) is 115 Å². The van der Waals surface area contributed by atoms with E-state index in [1.165, 1.54) is 0 Å². The van der Waals surface area contributed by atoms with Crippen molar-refractivity contribution in [3.63, 3.8) is 0 Å². The van der Waals surface area contributed by atoms with E-state index in [9.17, 15) is 0 Å². The van der Waals surface area contributed by atoms with E-state index in [-0.39, 0.29) is 0 Å². The van der Waals surface area contributed by atoms with Crippen LogP contribution in [0.2, 0.25) is 0 Å². The van der Waals surface area contributed by atoms with Crippen LogP contribution in [0.25, 0.3) is 0 Å². The zero-order valence-electron chi connectivity index (χ0n) is 17.1. The fourth-order valence-corrected chi connectivity index (χ4v) is 5.02. The smallest absolute Gasteiger partial charge is 0.209 e. The van der Waals surface area contributed by atoms with Crippen molar-refractivity contribution in [1.82, 2.24) is 50.2 Å². The topological polar surface area (TPSA) is 93.7 Å². The van der Waals surface area contributed by atoms with Gasteiger partial charge in [-0.25, -0.2) is 9.36 Å². The maximum absolute atomic E-state index is 4.12. The molecule has 0 aromatic carbocycles. The first-order valence-electron chi connectivity index (χ1n) is 9.21. The van der Waals surface area contributed by atoms with Crippen molar-refractivity contribution in [2.75, 3.05) is 64.3 Å². The Morgan fingerprint density at radius 2 is 1.25 bits per heavy atom. The van der Waals surface area contributed by atoms with Gasteiger partial charge >= 0.3 is 0 Å². The quantitative estimate of drug-likeness (QED) is 0.287. The molecule has 0 bridgehead atoms. The lowest BCUT2D eigenvalue weighted by Crippen LogP contribution is -2.19. The number of hydrogen-bond donors (Lipinski definition) is 0. The molecule has 0 N–H and O–H groups in total. The molecular formula is C15H30N10S3. The lowest BCUT2D eigenvalue weighted by molar-refractivity contribution is 0.361. The molecule has 0 spiro atoms. The monoisotopic (exact) mass is 446 g/mol. The second-order valence-corrected chi connectivity index (χ2v) is 9.99. The minimum absolute atomic E-state index is 0.820. The van der Waals surface area contributed by atoms with Gasteiger partial charge in [-0.3, -0.25) is 0 Å². The Kier molecular flexibility index (Phi) is 11.2. The molecule has 0 saturated carbocycles. The van der Waals surface area contributed by atoms with Crippen molar-refractivity contribution in [3.8, 4) is 0 Å². The molecule has 10 nitrogen and oxygen atoms in total. The van der Waals surface area contributed by atoms with Crippen LogP contribution in [0.3, 0.4) is 0 Å². The van der Waals surface area contributed by atoms with Crippen LogP contribution >= 0.6 is 35.3 Å². The highest BCUT2D eigenvalue weighted by Crippen LogP contribution is 2.18. The van der Waals surface area contributed by atoms with Gasteiger partial charge in [-0.1, -0.05) is 23.5 Å². The Morgan fingerprint density at radius 3 is 1.79 bits per heavy atom. The van der Waals surface area contributed by atoms with Gasteiger partial charge < -0.3 is 9.80 Å². The number of nitrogens with zero attached hydrogens (tertiary/aromatic N) is 10. The van der Waals surface area contributed by atoms with Crippen molar-refractivity contribution < 1.29 is 0 Å². The van der Waals surface area contributed by atoms with Crippen LogP contribution in [-0.2, 0) is 13.1 Å². The van der Waals surface area contributed by atoms with Crippen molar-refractivity contribution >= 4 is 35.3 Å². The number of aromatic nitrogens is 8. The molecule has 2 heterocycles. The van der Waals surface area contributed by atoms with Gasteiger partial charge in [0.25, 0.3) is 0 Å². The highest BCUT2D eigenvalue weighted by Gasteiger charge is 2.08. The van der Waals surface area contributed by atoms with Crippen molar-refractivity contribution in [1.29, 1.82) is 0 Å². The van der Waals surface area contributed by atoms with E-state index in [0.717, 1.165) is 65.9 Å². The Morgan fingerprint density at radius 1 is 0.714 bits per heavy atom. The normalized spacial score (nSPS) is 11.8. The van der Waals surface area contributed by atoms with E-state index < -0.39 is 0 Å². The second-order valence-electron chi connectivity index (χ2n) is 6.64. The number of rotatable bonds is 15. The van der Waals surface area contributed by atoms with Gasteiger partial charge in [0, 0.05) is 30.3 Å². The van der Waals surface area contributed by atoms with E-state index >= 15 is 0 Å². The van der Waals surface area contributed by atoms with Crippen LogP contribution in [0.4, 0.5) is 0 Å². The largest absolute Gasteiger partial charge is 0.308 e. The molecule has 2 aromatic heterocycles. The summed E-state index contributed by atoms with van der Waals surface area (Å²) in [4.78, 5) is 4.26. The van der Waals surface area contributed by atoms with Crippen molar-refractivity contribution in [2.24, 2.45) is 0 Å². The predicted octanol–water partition coefficient (Wildman–Crippen LogP) is 0.791. The zero-order chi connectivity index (χ0) is 20.2. The summed E-state index contributed by atoms with van der Waals surface area (Å²) in [5, 5.41) is 25.7. The standard InChI is InChI=1S/C15H30N10S3/c1-22(2)6-8-24-14(16-18-20-24)27-11-5-10-26-12-13-28-15-17-19-21-25(15)9-7-23(3)4/h5-13H2,1-4H3. The average molecular weight is 447 g/mol. The number of tetrazole rings is 2. The molecule has 0 amide bonds. The van der Waals surface area contributed by atoms with Crippen LogP contribution < -0.4 is 0 Å². The molecule has 2 rings (SSSR count). The van der Waals surface area contributed by atoms with Gasteiger partial charge in [0.05, 0.1) is 13.1 Å². The summed E-state index contributed by atoms with van der Waals surface area (Å²) in [5.41, 5.74) is 0. The summed E-state index contributed by atoms with van der Waals surface area (Å²) < 4.78 is 3.77. The first-order valence-corrected chi connectivity index (χ1v) is 12.3. The van der Waals surface area contributed by atoms with Gasteiger partial charge in [0.15, 0.2) is 0 Å². The van der Waals surface area contributed by atoms with Gasteiger partial charge in [-0.2, -0.15) is 11.8 Å². The molecule has 0 saturated heterocycles. The summed E-state index contributed by atoms with van der Waals surface area (Å²) in [6, 6.07) is 0. The zero-order valence-corrected chi connectivity index (χ0v) is 19.5. The van der Waals surface area contributed by atoms with E-state index in [0.29, 0.717) is 0 Å². The summed E-state index contributed by atoms with van der Waals surface area (Å²) >= 11 is 5.43. The minimum atomic E-state index is 0.820. The number of hydrogen-bond acceptors (Lipinski definition) is 11. The van der Waals surface area contributed by atoms with E-state index in [1.54, 1.807) is 23.5 Å². The summed E-state index contributed by atoms with van der Waals surface area (Å²) in [5.74, 6) is 4.28.